The summed E-state index contributed by atoms with van der Waals surface area (Å²) in [5.41, 5.74) is 3.76. The van der Waals surface area contributed by atoms with Crippen LogP contribution >= 0.6 is 23.1 Å². The van der Waals surface area contributed by atoms with Gasteiger partial charge in [-0.1, -0.05) is 53.7 Å². The minimum Gasteiger partial charge on any atom is -0.457 e. The van der Waals surface area contributed by atoms with Crippen molar-refractivity contribution in [2.24, 2.45) is 0 Å². The van der Waals surface area contributed by atoms with Gasteiger partial charge in [0.05, 0.1) is 11.4 Å². The fraction of sp³-hybridized carbons (Fsp3) is 0.227. The number of fused-ring (bicyclic) bond motifs is 3. The highest BCUT2D eigenvalue weighted by molar-refractivity contribution is 8.02. The standard InChI is InChI=1S/C22H18N2O3S2/c1-14-6-8-15(9-7-14)20-23-16(13-28-20)12-27-21(26)22-11-10-19(25)24(22)17-4-2-3-5-18(17)29-22/h2-9,13H,10-12H2,1H3. The van der Waals surface area contributed by atoms with Gasteiger partial charge in [-0.05, 0) is 19.1 Å². The molecule has 5 rings (SSSR count). The van der Waals surface area contributed by atoms with Gasteiger partial charge in [0, 0.05) is 28.7 Å². The Hall–Kier alpha value is -2.64. The summed E-state index contributed by atoms with van der Waals surface area (Å²) in [5, 5.41) is 2.81. The SMILES string of the molecule is Cc1ccc(-c2nc(COC(=O)C34CCC(=O)N3c3ccccc3S4)cs2)cc1. The number of carbonyl (C=O) groups excluding carboxylic acids is 2. The molecule has 1 aromatic heterocycles. The molecule has 0 N–H and O–H groups in total. The lowest BCUT2D eigenvalue weighted by atomic mass is 10.2. The number of ether oxygens (including phenoxy) is 1. The number of thiazole rings is 1. The van der Waals surface area contributed by atoms with Crippen molar-refractivity contribution in [3.8, 4) is 10.6 Å². The van der Waals surface area contributed by atoms with E-state index in [0.717, 1.165) is 21.2 Å². The Morgan fingerprint density at radius 1 is 1.21 bits per heavy atom. The van der Waals surface area contributed by atoms with Gasteiger partial charge in [-0.25, -0.2) is 9.78 Å². The third-order valence-electron chi connectivity index (χ3n) is 5.19. The molecule has 1 atom stereocenters. The molecule has 0 bridgehead atoms. The first-order chi connectivity index (χ1) is 14.1. The number of aryl methyl sites for hydroxylation is 1. The predicted octanol–water partition coefficient (Wildman–Crippen LogP) is 4.79. The van der Waals surface area contributed by atoms with Crippen LogP contribution in [0.25, 0.3) is 10.6 Å². The number of aromatic nitrogens is 1. The van der Waals surface area contributed by atoms with Crippen molar-refractivity contribution in [2.45, 2.75) is 36.1 Å². The molecule has 1 amide bonds. The van der Waals surface area contributed by atoms with E-state index >= 15 is 0 Å². The van der Waals surface area contributed by atoms with Crippen LogP contribution in [0.3, 0.4) is 0 Å². The molecule has 0 saturated carbocycles. The zero-order chi connectivity index (χ0) is 20.0. The van der Waals surface area contributed by atoms with Crippen molar-refractivity contribution >= 4 is 40.7 Å². The van der Waals surface area contributed by atoms with Gasteiger partial charge in [0.2, 0.25) is 5.91 Å². The Labute approximate surface area is 176 Å². The van der Waals surface area contributed by atoms with Crippen molar-refractivity contribution in [3.63, 3.8) is 0 Å². The molecule has 5 nitrogen and oxygen atoms in total. The second kappa shape index (κ2) is 7.00. The number of para-hydroxylation sites is 1. The summed E-state index contributed by atoms with van der Waals surface area (Å²) in [6.07, 6.45) is 0.806. The number of anilines is 1. The van der Waals surface area contributed by atoms with E-state index in [4.69, 9.17) is 4.74 Å². The summed E-state index contributed by atoms with van der Waals surface area (Å²) >= 11 is 2.95. The normalized spacial score (nSPS) is 19.9. The van der Waals surface area contributed by atoms with Crippen molar-refractivity contribution < 1.29 is 14.3 Å². The van der Waals surface area contributed by atoms with Gasteiger partial charge in [0.15, 0.2) is 4.87 Å². The lowest BCUT2D eigenvalue weighted by molar-refractivity contribution is -0.148. The van der Waals surface area contributed by atoms with Crippen molar-refractivity contribution in [2.75, 3.05) is 4.90 Å². The summed E-state index contributed by atoms with van der Waals surface area (Å²) in [6.45, 7) is 2.15. The number of rotatable bonds is 4. The summed E-state index contributed by atoms with van der Waals surface area (Å²) < 4.78 is 5.66. The molecule has 0 radical (unpaired) electrons. The van der Waals surface area contributed by atoms with Crippen molar-refractivity contribution in [1.82, 2.24) is 4.98 Å². The van der Waals surface area contributed by atoms with E-state index in [1.807, 2.05) is 48.7 Å². The zero-order valence-electron chi connectivity index (χ0n) is 15.8. The van der Waals surface area contributed by atoms with E-state index < -0.39 is 4.87 Å². The maximum absolute atomic E-state index is 13.1. The first-order valence-corrected chi connectivity index (χ1v) is 11.1. The van der Waals surface area contributed by atoms with Crippen LogP contribution < -0.4 is 4.90 Å². The molecule has 2 aliphatic heterocycles. The minimum atomic E-state index is -0.990. The average Bonchev–Trinajstić information content (AvgIpc) is 3.41. The number of hydrogen-bond donors (Lipinski definition) is 0. The molecule has 0 spiro atoms. The molecular formula is C22H18N2O3S2. The van der Waals surface area contributed by atoms with E-state index in [1.54, 1.807) is 4.90 Å². The van der Waals surface area contributed by atoms with E-state index in [1.165, 1.54) is 28.7 Å². The fourth-order valence-corrected chi connectivity index (χ4v) is 5.95. The highest BCUT2D eigenvalue weighted by Gasteiger charge is 2.58. The van der Waals surface area contributed by atoms with Gasteiger partial charge in [-0.2, -0.15) is 0 Å². The third-order valence-corrected chi connectivity index (χ3v) is 7.59. The van der Waals surface area contributed by atoms with Crippen LogP contribution in [0, 0.1) is 6.92 Å². The summed E-state index contributed by atoms with van der Waals surface area (Å²) in [7, 11) is 0. The van der Waals surface area contributed by atoms with Crippen LogP contribution in [0.4, 0.5) is 5.69 Å². The molecule has 3 heterocycles. The van der Waals surface area contributed by atoms with E-state index in [2.05, 4.69) is 17.1 Å². The first-order valence-electron chi connectivity index (χ1n) is 9.37. The fourth-order valence-electron chi connectivity index (χ4n) is 3.73. The Kier molecular flexibility index (Phi) is 4.44. The van der Waals surface area contributed by atoms with Crippen molar-refractivity contribution in [1.29, 1.82) is 0 Å². The van der Waals surface area contributed by atoms with Gasteiger partial charge >= 0.3 is 5.97 Å². The van der Waals surface area contributed by atoms with Crippen molar-refractivity contribution in [3.05, 3.63) is 65.2 Å². The van der Waals surface area contributed by atoms with E-state index in [0.29, 0.717) is 18.5 Å². The summed E-state index contributed by atoms with van der Waals surface area (Å²) in [4.78, 5) is 31.7. The molecule has 1 saturated heterocycles. The molecule has 2 aliphatic rings. The predicted molar refractivity (Wildman–Crippen MR) is 114 cm³/mol. The van der Waals surface area contributed by atoms with Crippen LogP contribution in [0.5, 0.6) is 0 Å². The Balaban J connectivity index is 1.33. The topological polar surface area (TPSA) is 59.5 Å². The van der Waals surface area contributed by atoms with Gasteiger partial charge < -0.3 is 4.74 Å². The maximum Gasteiger partial charge on any atom is 0.343 e. The summed E-state index contributed by atoms with van der Waals surface area (Å²) in [5.74, 6) is -0.413. The number of thioether (sulfide) groups is 1. The maximum atomic E-state index is 13.1. The molecular weight excluding hydrogens is 404 g/mol. The lowest BCUT2D eigenvalue weighted by Gasteiger charge is -2.28. The van der Waals surface area contributed by atoms with E-state index in [9.17, 15) is 9.59 Å². The largest absolute Gasteiger partial charge is 0.457 e. The number of amides is 1. The highest BCUT2D eigenvalue weighted by Crippen LogP contribution is 2.56. The van der Waals surface area contributed by atoms with Gasteiger partial charge in [0.1, 0.15) is 11.6 Å². The number of nitrogens with zero attached hydrogens (tertiary/aromatic N) is 2. The Morgan fingerprint density at radius 3 is 2.83 bits per heavy atom. The van der Waals surface area contributed by atoms with Gasteiger partial charge in [-0.15, -0.1) is 11.3 Å². The van der Waals surface area contributed by atoms with Gasteiger partial charge in [0.25, 0.3) is 0 Å². The third kappa shape index (κ3) is 3.05. The molecule has 7 heteroatoms. The number of esters is 1. The molecule has 1 unspecified atom stereocenters. The molecule has 3 aromatic rings. The molecule has 0 aliphatic carbocycles. The van der Waals surface area contributed by atoms with Crippen LogP contribution in [-0.2, 0) is 20.9 Å². The van der Waals surface area contributed by atoms with Crippen LogP contribution in [-0.4, -0.2) is 21.7 Å². The molecule has 1 fully saturated rings. The zero-order valence-corrected chi connectivity index (χ0v) is 17.4. The first kappa shape index (κ1) is 18.4. The monoisotopic (exact) mass is 422 g/mol. The highest BCUT2D eigenvalue weighted by atomic mass is 32.2. The summed E-state index contributed by atoms with van der Waals surface area (Å²) in [6, 6.07) is 15.8. The minimum absolute atomic E-state index is 0.0327. The molecule has 2 aromatic carbocycles. The average molecular weight is 423 g/mol. The number of hydrogen-bond acceptors (Lipinski definition) is 6. The molecule has 146 valence electrons. The van der Waals surface area contributed by atoms with Crippen LogP contribution in [0.1, 0.15) is 24.1 Å². The number of benzene rings is 2. The van der Waals surface area contributed by atoms with Gasteiger partial charge in [-0.3, -0.25) is 9.69 Å². The quantitative estimate of drug-likeness (QED) is 0.566. The van der Waals surface area contributed by atoms with Crippen LogP contribution in [0.15, 0.2) is 58.8 Å². The van der Waals surface area contributed by atoms with Crippen LogP contribution in [0.2, 0.25) is 0 Å². The molecule has 29 heavy (non-hydrogen) atoms. The van der Waals surface area contributed by atoms with E-state index in [-0.39, 0.29) is 18.5 Å². The smallest absolute Gasteiger partial charge is 0.343 e. The Bertz CT molecular complexity index is 1110. The second-order valence-electron chi connectivity index (χ2n) is 7.17. The number of carbonyl (C=O) groups is 2. The Morgan fingerprint density at radius 2 is 2.00 bits per heavy atom. The lowest BCUT2D eigenvalue weighted by Crippen LogP contribution is -2.47. The second-order valence-corrected chi connectivity index (χ2v) is 9.35.